The number of hydrogen-bond acceptors (Lipinski definition) is 7. The van der Waals surface area contributed by atoms with E-state index in [-0.39, 0.29) is 12.1 Å². The van der Waals surface area contributed by atoms with Gasteiger partial charge in [-0.3, -0.25) is 4.79 Å². The normalized spacial score (nSPS) is 13.5. The van der Waals surface area contributed by atoms with Crippen LogP contribution in [-0.2, 0) is 21.0 Å². The van der Waals surface area contributed by atoms with Gasteiger partial charge in [0.25, 0.3) is 0 Å². The number of benzene rings is 1. The first-order chi connectivity index (χ1) is 14.9. The zero-order chi connectivity index (χ0) is 24.1. The third-order valence-corrected chi connectivity index (χ3v) is 4.00. The third-order valence-electron chi connectivity index (χ3n) is 4.00. The number of carbonyl (C=O) groups is 2. The maximum atomic E-state index is 14.6. The number of nitrogens with two attached hydrogens (primary N) is 1. The van der Waals surface area contributed by atoms with Crippen molar-refractivity contribution in [2.75, 3.05) is 6.54 Å². The summed E-state index contributed by atoms with van der Waals surface area (Å²) in [5, 5.41) is 9.19. The molecular weight excluding hydrogens is 450 g/mol. The molecule has 0 saturated heterocycles. The molecule has 14 heteroatoms. The van der Waals surface area contributed by atoms with E-state index in [1.165, 1.54) is 36.7 Å². The lowest BCUT2D eigenvalue weighted by atomic mass is 10.0. The van der Waals surface area contributed by atoms with Gasteiger partial charge in [0.1, 0.15) is 11.9 Å². The summed E-state index contributed by atoms with van der Waals surface area (Å²) in [5.41, 5.74) is 6.31. The number of nitrogens with zero attached hydrogens (tertiary/aromatic N) is 3. The molecule has 0 radical (unpaired) electrons. The number of amides is 1. The first kappa shape index (κ1) is 25.0. The van der Waals surface area contributed by atoms with Crippen molar-refractivity contribution in [3.05, 3.63) is 48.0 Å². The fourth-order valence-electron chi connectivity index (χ4n) is 2.39. The number of alkyl halides is 6. The van der Waals surface area contributed by atoms with Crippen molar-refractivity contribution in [1.29, 1.82) is 0 Å². The van der Waals surface area contributed by atoms with Crippen molar-refractivity contribution in [1.82, 2.24) is 15.0 Å². The van der Waals surface area contributed by atoms with Gasteiger partial charge in [-0.05, 0) is 11.1 Å². The second-order valence-electron chi connectivity index (χ2n) is 6.26. The van der Waals surface area contributed by atoms with Gasteiger partial charge >= 0.3 is 24.5 Å². The molecule has 0 saturated carbocycles. The minimum absolute atomic E-state index is 0.129. The highest BCUT2D eigenvalue weighted by molar-refractivity contribution is 5.82. The van der Waals surface area contributed by atoms with Crippen LogP contribution in [0.15, 0.2) is 36.7 Å². The summed E-state index contributed by atoms with van der Waals surface area (Å²) < 4.78 is 76.7. The topological polar surface area (TPSA) is 119 Å². The summed E-state index contributed by atoms with van der Waals surface area (Å²) in [6.45, 7) is -1.34. The molecule has 2 unspecified atom stereocenters. The Morgan fingerprint density at radius 3 is 2.09 bits per heavy atom. The van der Waals surface area contributed by atoms with Gasteiger partial charge in [0.15, 0.2) is 6.17 Å². The van der Waals surface area contributed by atoms with Crippen LogP contribution in [0.4, 0.5) is 26.3 Å². The number of hydrogen-bond donors (Lipinski definition) is 2. The van der Waals surface area contributed by atoms with Crippen LogP contribution in [-0.4, -0.2) is 57.3 Å². The molecule has 0 aliphatic rings. The average molecular weight is 466 g/mol. The fraction of sp³-hybridized carbons (Fsp3) is 0.333. The summed E-state index contributed by atoms with van der Waals surface area (Å²) >= 11 is 0. The third kappa shape index (κ3) is 6.37. The summed E-state index contributed by atoms with van der Waals surface area (Å²) in [4.78, 5) is 33.7. The van der Waals surface area contributed by atoms with Crippen molar-refractivity contribution < 1.29 is 45.9 Å². The summed E-state index contributed by atoms with van der Waals surface area (Å²) in [7, 11) is 0. The van der Waals surface area contributed by atoms with Crippen LogP contribution in [0.1, 0.15) is 17.6 Å². The van der Waals surface area contributed by atoms with E-state index in [0.29, 0.717) is 17.0 Å². The molecule has 0 aliphatic carbocycles. The SMILES string of the molecule is NCc1ncc(-c2ccc(C(F)C(O)CN(OC(=O)C(F)(F)F)C(=O)C(F)F)cc2)cn1. The molecule has 3 N–H and O–H groups in total. The Morgan fingerprint density at radius 1 is 1.06 bits per heavy atom. The van der Waals surface area contributed by atoms with Crippen molar-refractivity contribution in [2.24, 2.45) is 5.73 Å². The molecule has 2 aromatic rings. The van der Waals surface area contributed by atoms with Crippen molar-refractivity contribution in [2.45, 2.75) is 31.4 Å². The molecule has 0 fully saturated rings. The van der Waals surface area contributed by atoms with Gasteiger partial charge < -0.3 is 15.7 Å². The Hall–Kier alpha value is -3.26. The highest BCUT2D eigenvalue weighted by Crippen LogP contribution is 2.26. The first-order valence-corrected chi connectivity index (χ1v) is 8.76. The summed E-state index contributed by atoms with van der Waals surface area (Å²) in [6, 6.07) is 5.25. The Labute approximate surface area is 176 Å². The second-order valence-corrected chi connectivity index (χ2v) is 6.26. The van der Waals surface area contributed by atoms with Crippen LogP contribution in [0.25, 0.3) is 11.1 Å². The van der Waals surface area contributed by atoms with Crippen LogP contribution in [0.2, 0.25) is 0 Å². The maximum absolute atomic E-state index is 14.6. The molecule has 0 bridgehead atoms. The molecule has 0 spiro atoms. The molecule has 174 valence electrons. The monoisotopic (exact) mass is 466 g/mol. The van der Waals surface area contributed by atoms with Crippen molar-refractivity contribution in [3.8, 4) is 11.1 Å². The Balaban J connectivity index is 2.13. The van der Waals surface area contributed by atoms with E-state index in [4.69, 9.17) is 5.73 Å². The van der Waals surface area contributed by atoms with E-state index in [2.05, 4.69) is 14.8 Å². The largest absolute Gasteiger partial charge is 0.493 e. The molecular formula is C18H16F6N4O4. The van der Waals surface area contributed by atoms with Gasteiger partial charge in [0.05, 0.1) is 13.1 Å². The van der Waals surface area contributed by atoms with Gasteiger partial charge in [-0.25, -0.2) is 19.2 Å². The molecule has 2 atom stereocenters. The highest BCUT2D eigenvalue weighted by Gasteiger charge is 2.44. The number of aliphatic hydroxyl groups excluding tert-OH is 1. The maximum Gasteiger partial charge on any atom is 0.493 e. The van der Waals surface area contributed by atoms with Gasteiger partial charge in [-0.1, -0.05) is 24.3 Å². The Bertz CT molecular complexity index is 925. The lowest BCUT2D eigenvalue weighted by Crippen LogP contribution is -2.45. The van der Waals surface area contributed by atoms with Gasteiger partial charge in [-0.15, -0.1) is 0 Å². The van der Waals surface area contributed by atoms with Crippen LogP contribution in [0, 0.1) is 0 Å². The van der Waals surface area contributed by atoms with E-state index in [0.717, 1.165) is 0 Å². The zero-order valence-corrected chi connectivity index (χ0v) is 16.0. The van der Waals surface area contributed by atoms with Crippen LogP contribution < -0.4 is 5.73 Å². The number of aromatic nitrogens is 2. The molecule has 8 nitrogen and oxygen atoms in total. The first-order valence-electron chi connectivity index (χ1n) is 8.76. The van der Waals surface area contributed by atoms with E-state index >= 15 is 0 Å². The molecule has 32 heavy (non-hydrogen) atoms. The van der Waals surface area contributed by atoms with Gasteiger partial charge in [0.2, 0.25) is 0 Å². The molecule has 2 rings (SSSR count). The molecule has 1 heterocycles. The van der Waals surface area contributed by atoms with Crippen molar-refractivity contribution in [3.63, 3.8) is 0 Å². The summed E-state index contributed by atoms with van der Waals surface area (Å²) in [5.74, 6) is -4.95. The van der Waals surface area contributed by atoms with E-state index in [9.17, 15) is 41.0 Å². The molecule has 0 aliphatic heterocycles. The van der Waals surface area contributed by atoms with E-state index in [1.54, 1.807) is 0 Å². The summed E-state index contributed by atoms with van der Waals surface area (Å²) in [6.07, 6.45) is -11.2. The van der Waals surface area contributed by atoms with E-state index in [1.807, 2.05) is 0 Å². The number of rotatable bonds is 7. The smallest absolute Gasteiger partial charge is 0.388 e. The standard InChI is InChI=1S/C18H16F6N4O4/c19-14(10-3-1-9(2-4-10)11-6-26-13(5-25)27-7-11)12(29)8-28(16(30)15(20)21)32-17(31)18(22,23)24/h1-4,6-7,12,14-15,29H,5,8,25H2. The predicted molar refractivity (Wildman–Crippen MR) is 95.1 cm³/mol. The average Bonchev–Trinajstić information content (AvgIpc) is 2.76. The molecule has 1 aromatic carbocycles. The van der Waals surface area contributed by atoms with E-state index < -0.39 is 48.4 Å². The van der Waals surface area contributed by atoms with Crippen LogP contribution in [0.3, 0.4) is 0 Å². The lowest BCUT2D eigenvalue weighted by Gasteiger charge is -2.25. The second kappa shape index (κ2) is 10.4. The van der Waals surface area contributed by atoms with Crippen molar-refractivity contribution >= 4 is 11.9 Å². The quantitative estimate of drug-likeness (QED) is 0.474. The number of carbonyl (C=O) groups excluding carboxylic acids is 2. The minimum Gasteiger partial charge on any atom is -0.388 e. The minimum atomic E-state index is -5.61. The van der Waals surface area contributed by atoms with Crippen LogP contribution in [0.5, 0.6) is 0 Å². The van der Waals surface area contributed by atoms with Gasteiger partial charge in [-0.2, -0.15) is 27.0 Å². The lowest BCUT2D eigenvalue weighted by molar-refractivity contribution is -0.243. The number of hydroxylamine groups is 2. The Morgan fingerprint density at radius 2 is 1.62 bits per heavy atom. The molecule has 1 amide bonds. The number of aliphatic hydroxyl groups is 1. The highest BCUT2D eigenvalue weighted by atomic mass is 19.4. The zero-order valence-electron chi connectivity index (χ0n) is 16.0. The molecule has 1 aromatic heterocycles. The fourth-order valence-corrected chi connectivity index (χ4v) is 2.39. The predicted octanol–water partition coefficient (Wildman–Crippen LogP) is 2.09. The van der Waals surface area contributed by atoms with Crippen LogP contribution >= 0.6 is 0 Å². The Kier molecular flexibility index (Phi) is 8.10. The number of halogens is 6. The van der Waals surface area contributed by atoms with Gasteiger partial charge in [0, 0.05) is 18.0 Å².